The van der Waals surface area contributed by atoms with E-state index in [0.29, 0.717) is 16.6 Å². The summed E-state index contributed by atoms with van der Waals surface area (Å²) < 4.78 is 5.15. The lowest BCUT2D eigenvalue weighted by molar-refractivity contribution is -0.121. The number of imide groups is 1. The van der Waals surface area contributed by atoms with Crippen molar-refractivity contribution >= 4 is 35.1 Å². The van der Waals surface area contributed by atoms with Crippen LogP contribution >= 0.6 is 23.2 Å². The van der Waals surface area contributed by atoms with E-state index in [9.17, 15) is 9.59 Å². The molecule has 0 saturated heterocycles. The summed E-state index contributed by atoms with van der Waals surface area (Å²) in [6.07, 6.45) is 0. The zero-order valence-corrected chi connectivity index (χ0v) is 11.1. The first-order chi connectivity index (χ1) is 8.54. The van der Waals surface area contributed by atoms with Crippen LogP contribution in [0.4, 0.5) is 4.79 Å². The smallest absolute Gasteiger partial charge is 0.321 e. The summed E-state index contributed by atoms with van der Waals surface area (Å²) in [5.74, 6) is -0.371. The van der Waals surface area contributed by atoms with Crippen LogP contribution in [0.25, 0.3) is 0 Å². The lowest BCUT2D eigenvalue weighted by Gasteiger charge is -2.09. The average Bonchev–Trinajstić information content (AvgIpc) is 2.28. The maximum Gasteiger partial charge on any atom is 0.321 e. The van der Waals surface area contributed by atoms with Gasteiger partial charge in [0.15, 0.2) is 12.4 Å². The number of hydrogen-bond donors (Lipinski definition) is 2. The molecule has 0 unspecified atom stereocenters. The molecular formula is C11H12Cl2N2O3. The Balaban J connectivity index is 2.50. The van der Waals surface area contributed by atoms with Crippen molar-refractivity contribution in [1.29, 1.82) is 0 Å². The normalized spacial score (nSPS) is 9.72. The van der Waals surface area contributed by atoms with E-state index in [1.807, 2.05) is 0 Å². The van der Waals surface area contributed by atoms with Crippen LogP contribution in [-0.2, 0) is 4.79 Å². The number of nitrogens with one attached hydrogen (secondary N) is 2. The second-order valence-electron chi connectivity index (χ2n) is 3.25. The second-order valence-corrected chi connectivity index (χ2v) is 4.06. The van der Waals surface area contributed by atoms with Gasteiger partial charge >= 0.3 is 6.03 Å². The number of halogens is 2. The Morgan fingerprint density at radius 3 is 2.44 bits per heavy atom. The molecule has 0 saturated carbocycles. The van der Waals surface area contributed by atoms with Crippen LogP contribution in [0.1, 0.15) is 6.92 Å². The Bertz CT molecular complexity index is 432. The van der Waals surface area contributed by atoms with Gasteiger partial charge in [-0.3, -0.25) is 10.1 Å². The molecule has 1 rings (SSSR count). The fourth-order valence-electron chi connectivity index (χ4n) is 1.13. The Morgan fingerprint density at radius 1 is 1.28 bits per heavy atom. The zero-order chi connectivity index (χ0) is 13.5. The molecule has 1 aromatic carbocycles. The zero-order valence-electron chi connectivity index (χ0n) is 9.63. The van der Waals surface area contributed by atoms with Crippen molar-refractivity contribution in [2.24, 2.45) is 0 Å². The van der Waals surface area contributed by atoms with Gasteiger partial charge in [0.25, 0.3) is 5.91 Å². The van der Waals surface area contributed by atoms with E-state index >= 15 is 0 Å². The van der Waals surface area contributed by atoms with Crippen molar-refractivity contribution < 1.29 is 14.3 Å². The van der Waals surface area contributed by atoms with Crippen molar-refractivity contribution in [1.82, 2.24) is 10.6 Å². The monoisotopic (exact) mass is 290 g/mol. The molecule has 0 atom stereocenters. The van der Waals surface area contributed by atoms with Crippen molar-refractivity contribution in [3.63, 3.8) is 0 Å². The van der Waals surface area contributed by atoms with Crippen LogP contribution in [0, 0.1) is 0 Å². The van der Waals surface area contributed by atoms with Gasteiger partial charge in [0.1, 0.15) is 0 Å². The minimum absolute atomic E-state index is 0.215. The lowest BCUT2D eigenvalue weighted by Crippen LogP contribution is -2.41. The Hall–Kier alpha value is -1.46. The van der Waals surface area contributed by atoms with Gasteiger partial charge in [0.05, 0.1) is 10.0 Å². The molecule has 0 radical (unpaired) electrons. The molecule has 0 aromatic heterocycles. The number of hydrogen-bond acceptors (Lipinski definition) is 3. The Labute approximate surface area is 114 Å². The molecule has 5 nitrogen and oxygen atoms in total. The number of carbonyl (C=O) groups excluding carboxylic acids is 2. The van der Waals surface area contributed by atoms with Gasteiger partial charge in [-0.25, -0.2) is 4.79 Å². The standard InChI is InChI=1S/C11H12Cl2N2O3/c1-2-14-11(17)15-9(16)6-18-10-7(12)4-3-5-8(10)13/h3-5H,2,6H2,1H3,(H2,14,15,16,17). The quantitative estimate of drug-likeness (QED) is 0.893. The topological polar surface area (TPSA) is 67.4 Å². The molecule has 0 aliphatic heterocycles. The molecule has 0 aliphatic carbocycles. The largest absolute Gasteiger partial charge is 0.481 e. The number of carbonyl (C=O) groups is 2. The third-order valence-electron chi connectivity index (χ3n) is 1.86. The maximum atomic E-state index is 11.3. The van der Waals surface area contributed by atoms with E-state index < -0.39 is 11.9 Å². The molecule has 0 fully saturated rings. The van der Waals surface area contributed by atoms with Gasteiger partial charge in [-0.1, -0.05) is 29.3 Å². The first kappa shape index (κ1) is 14.6. The average molecular weight is 291 g/mol. The third kappa shape index (κ3) is 4.43. The number of benzene rings is 1. The number of amides is 3. The summed E-state index contributed by atoms with van der Waals surface area (Å²) in [4.78, 5) is 22.4. The highest BCUT2D eigenvalue weighted by Gasteiger charge is 2.11. The van der Waals surface area contributed by atoms with E-state index in [-0.39, 0.29) is 12.4 Å². The number of rotatable bonds is 4. The summed E-state index contributed by atoms with van der Waals surface area (Å²) in [7, 11) is 0. The van der Waals surface area contributed by atoms with Crippen LogP contribution in [0.5, 0.6) is 5.75 Å². The molecule has 0 spiro atoms. The van der Waals surface area contributed by atoms with Gasteiger partial charge < -0.3 is 10.1 Å². The molecule has 1 aromatic rings. The molecule has 98 valence electrons. The van der Waals surface area contributed by atoms with Gasteiger partial charge in [0, 0.05) is 6.54 Å². The minimum Gasteiger partial charge on any atom is -0.481 e. The number of urea groups is 1. The second kappa shape index (κ2) is 7.08. The Morgan fingerprint density at radius 2 is 1.89 bits per heavy atom. The van der Waals surface area contributed by atoms with Crippen molar-refractivity contribution in [2.45, 2.75) is 6.92 Å². The van der Waals surface area contributed by atoms with E-state index in [1.54, 1.807) is 25.1 Å². The van der Waals surface area contributed by atoms with Crippen LogP contribution in [0.2, 0.25) is 10.0 Å². The first-order valence-electron chi connectivity index (χ1n) is 5.19. The molecule has 2 N–H and O–H groups in total. The number of ether oxygens (including phenoxy) is 1. The molecule has 18 heavy (non-hydrogen) atoms. The summed E-state index contributed by atoms with van der Waals surface area (Å²) >= 11 is 11.7. The Kier molecular flexibility index (Phi) is 5.74. The molecule has 0 bridgehead atoms. The highest BCUT2D eigenvalue weighted by molar-refractivity contribution is 6.37. The maximum absolute atomic E-state index is 11.3. The molecule has 7 heteroatoms. The van der Waals surface area contributed by atoms with Crippen LogP contribution in [0.15, 0.2) is 18.2 Å². The fourth-order valence-corrected chi connectivity index (χ4v) is 1.63. The molecular weight excluding hydrogens is 279 g/mol. The first-order valence-corrected chi connectivity index (χ1v) is 5.94. The summed E-state index contributed by atoms with van der Waals surface area (Å²) in [5.41, 5.74) is 0. The fraction of sp³-hybridized carbons (Fsp3) is 0.273. The predicted octanol–water partition coefficient (Wildman–Crippen LogP) is 2.22. The van der Waals surface area contributed by atoms with Gasteiger partial charge in [0.2, 0.25) is 0 Å². The van der Waals surface area contributed by atoms with Crippen LogP contribution < -0.4 is 15.4 Å². The van der Waals surface area contributed by atoms with Gasteiger partial charge in [-0.15, -0.1) is 0 Å². The van der Waals surface area contributed by atoms with Crippen molar-refractivity contribution in [3.05, 3.63) is 28.2 Å². The van der Waals surface area contributed by atoms with E-state index in [0.717, 1.165) is 0 Å². The van der Waals surface area contributed by atoms with Crippen LogP contribution in [0.3, 0.4) is 0 Å². The highest BCUT2D eigenvalue weighted by Crippen LogP contribution is 2.32. The minimum atomic E-state index is -0.586. The van der Waals surface area contributed by atoms with Gasteiger partial charge in [-0.2, -0.15) is 0 Å². The molecule has 0 aliphatic rings. The molecule has 0 heterocycles. The lowest BCUT2D eigenvalue weighted by atomic mass is 10.3. The summed E-state index contributed by atoms with van der Waals surface area (Å²) in [6.45, 7) is 1.82. The van der Waals surface area contributed by atoms with E-state index in [1.165, 1.54) is 0 Å². The van der Waals surface area contributed by atoms with E-state index in [2.05, 4.69) is 10.6 Å². The molecule has 3 amide bonds. The van der Waals surface area contributed by atoms with Crippen LogP contribution in [-0.4, -0.2) is 25.1 Å². The van der Waals surface area contributed by atoms with Crippen molar-refractivity contribution in [3.8, 4) is 5.75 Å². The number of para-hydroxylation sites is 1. The SMILES string of the molecule is CCNC(=O)NC(=O)COc1c(Cl)cccc1Cl. The summed E-state index contributed by atoms with van der Waals surface area (Å²) in [6, 6.07) is 4.26. The predicted molar refractivity (Wildman–Crippen MR) is 69.2 cm³/mol. The van der Waals surface area contributed by atoms with Gasteiger partial charge in [-0.05, 0) is 19.1 Å². The van der Waals surface area contributed by atoms with E-state index in [4.69, 9.17) is 27.9 Å². The van der Waals surface area contributed by atoms with Crippen molar-refractivity contribution in [2.75, 3.05) is 13.2 Å². The highest BCUT2D eigenvalue weighted by atomic mass is 35.5. The summed E-state index contributed by atoms with van der Waals surface area (Å²) in [5, 5.41) is 5.11. The third-order valence-corrected chi connectivity index (χ3v) is 2.45.